The zero-order valence-electron chi connectivity index (χ0n) is 10.7. The SMILES string of the molecule is N=c1oc2c(Cl)cc(Cl)cc2c2c1c(=O)n1c(N)cc(=O)n21. The van der Waals surface area contributed by atoms with Crippen LogP contribution in [0.25, 0.3) is 21.9 Å². The molecule has 0 aliphatic carbocycles. The summed E-state index contributed by atoms with van der Waals surface area (Å²) in [5, 5.41) is 8.71. The maximum atomic E-state index is 12.4. The van der Waals surface area contributed by atoms with Crippen LogP contribution in [0.5, 0.6) is 0 Å². The average molecular weight is 337 g/mol. The molecule has 0 bridgehead atoms. The number of nitrogen functional groups attached to an aromatic ring is 1. The van der Waals surface area contributed by atoms with Gasteiger partial charge in [-0.05, 0) is 12.1 Å². The van der Waals surface area contributed by atoms with Crippen molar-refractivity contribution in [1.82, 2.24) is 9.03 Å². The maximum absolute atomic E-state index is 12.4. The number of anilines is 1. The average Bonchev–Trinajstić information content (AvgIpc) is 2.89. The van der Waals surface area contributed by atoms with Gasteiger partial charge in [0.1, 0.15) is 11.2 Å². The Balaban J connectivity index is 2.55. The summed E-state index contributed by atoms with van der Waals surface area (Å²) in [6.07, 6.45) is 0. The molecule has 4 aromatic rings. The van der Waals surface area contributed by atoms with Crippen molar-refractivity contribution in [3.63, 3.8) is 0 Å². The second-order valence-electron chi connectivity index (χ2n) is 4.76. The number of nitrogens with two attached hydrogens (primary N) is 1. The summed E-state index contributed by atoms with van der Waals surface area (Å²) >= 11 is 12.1. The van der Waals surface area contributed by atoms with E-state index in [4.69, 9.17) is 38.8 Å². The van der Waals surface area contributed by atoms with Gasteiger partial charge >= 0.3 is 0 Å². The van der Waals surface area contributed by atoms with E-state index in [2.05, 4.69) is 0 Å². The lowest BCUT2D eigenvalue weighted by atomic mass is 10.2. The first-order valence-electron chi connectivity index (χ1n) is 6.06. The van der Waals surface area contributed by atoms with Crippen LogP contribution in [0.15, 0.2) is 32.2 Å². The van der Waals surface area contributed by atoms with Crippen molar-refractivity contribution in [2.45, 2.75) is 0 Å². The molecule has 1 aromatic carbocycles. The van der Waals surface area contributed by atoms with Crippen molar-refractivity contribution in [3.05, 3.63) is 54.5 Å². The molecular weight excluding hydrogens is 331 g/mol. The lowest BCUT2D eigenvalue weighted by Crippen LogP contribution is -2.16. The van der Waals surface area contributed by atoms with Crippen LogP contribution in [0.4, 0.5) is 5.82 Å². The fourth-order valence-electron chi connectivity index (χ4n) is 2.64. The van der Waals surface area contributed by atoms with E-state index in [1.54, 1.807) is 0 Å². The van der Waals surface area contributed by atoms with Crippen molar-refractivity contribution in [2.75, 3.05) is 5.73 Å². The Morgan fingerprint density at radius 3 is 2.59 bits per heavy atom. The standard InChI is InChI=1S/C13H6Cl2N4O3/c14-4-1-5-10-9(12(17)22-11(5)6(15)2-4)13(21)18-7(16)3-8(20)19(10)18/h1-3,17H,16H2. The lowest BCUT2D eigenvalue weighted by Gasteiger charge is -2.02. The molecule has 22 heavy (non-hydrogen) atoms. The maximum Gasteiger partial charge on any atom is 0.286 e. The van der Waals surface area contributed by atoms with E-state index in [-0.39, 0.29) is 27.3 Å². The normalized spacial score (nSPS) is 11.9. The number of aromatic nitrogens is 2. The fourth-order valence-corrected chi connectivity index (χ4v) is 3.17. The molecule has 0 saturated carbocycles. The van der Waals surface area contributed by atoms with Gasteiger partial charge in [-0.25, -0.2) is 4.52 Å². The molecule has 110 valence electrons. The van der Waals surface area contributed by atoms with Crippen molar-refractivity contribution in [2.24, 2.45) is 0 Å². The number of nitrogens with one attached hydrogen (secondary N) is 1. The number of benzene rings is 1. The van der Waals surface area contributed by atoms with Gasteiger partial charge in [0.05, 0.1) is 10.5 Å². The van der Waals surface area contributed by atoms with Crippen LogP contribution in [0, 0.1) is 5.41 Å². The first kappa shape index (κ1) is 13.2. The number of halogens is 2. The molecular formula is C13H6Cl2N4O3. The summed E-state index contributed by atoms with van der Waals surface area (Å²) < 4.78 is 7.41. The highest BCUT2D eigenvalue weighted by molar-refractivity contribution is 6.38. The van der Waals surface area contributed by atoms with Crippen LogP contribution in [0.2, 0.25) is 10.0 Å². The highest BCUT2D eigenvalue weighted by Crippen LogP contribution is 2.30. The highest BCUT2D eigenvalue weighted by atomic mass is 35.5. The van der Waals surface area contributed by atoms with Crippen LogP contribution in [-0.4, -0.2) is 9.03 Å². The van der Waals surface area contributed by atoms with E-state index in [1.807, 2.05) is 0 Å². The Kier molecular flexibility index (Phi) is 2.41. The van der Waals surface area contributed by atoms with E-state index >= 15 is 0 Å². The van der Waals surface area contributed by atoms with Crippen molar-refractivity contribution < 1.29 is 4.42 Å². The van der Waals surface area contributed by atoms with E-state index in [1.165, 1.54) is 12.1 Å². The predicted molar refractivity (Wildman–Crippen MR) is 82.1 cm³/mol. The Morgan fingerprint density at radius 1 is 1.14 bits per heavy atom. The van der Waals surface area contributed by atoms with E-state index in [9.17, 15) is 9.59 Å². The fraction of sp³-hybridized carbons (Fsp3) is 0. The number of fused-ring (bicyclic) bond motifs is 5. The van der Waals surface area contributed by atoms with Gasteiger partial charge in [-0.15, -0.1) is 0 Å². The summed E-state index contributed by atoms with van der Waals surface area (Å²) in [7, 11) is 0. The first-order chi connectivity index (χ1) is 10.4. The number of nitrogens with zero attached hydrogens (tertiary/aromatic N) is 2. The molecule has 0 aliphatic heterocycles. The van der Waals surface area contributed by atoms with Crippen molar-refractivity contribution in [3.8, 4) is 0 Å². The van der Waals surface area contributed by atoms with Crippen LogP contribution in [-0.2, 0) is 0 Å². The second kappa shape index (κ2) is 4.02. The van der Waals surface area contributed by atoms with Gasteiger partial charge in [0.25, 0.3) is 11.1 Å². The largest absolute Gasteiger partial charge is 0.436 e. The molecule has 0 amide bonds. The predicted octanol–water partition coefficient (Wildman–Crippen LogP) is 1.46. The number of hydrogen-bond acceptors (Lipinski definition) is 5. The van der Waals surface area contributed by atoms with Crippen molar-refractivity contribution >= 4 is 50.9 Å². The monoisotopic (exact) mass is 336 g/mol. The molecule has 0 saturated heterocycles. The minimum absolute atomic E-state index is 0.0214. The Hall–Kier alpha value is -2.51. The summed E-state index contributed by atoms with van der Waals surface area (Å²) in [4.78, 5) is 24.6. The van der Waals surface area contributed by atoms with E-state index in [0.29, 0.717) is 10.4 Å². The van der Waals surface area contributed by atoms with E-state index in [0.717, 1.165) is 15.1 Å². The molecule has 0 aliphatic rings. The minimum atomic E-state index is -0.610. The zero-order chi connectivity index (χ0) is 15.8. The molecule has 3 heterocycles. The molecule has 9 heteroatoms. The smallest absolute Gasteiger partial charge is 0.286 e. The quantitative estimate of drug-likeness (QED) is 0.507. The molecule has 0 radical (unpaired) electrons. The van der Waals surface area contributed by atoms with Gasteiger partial charge in [0, 0.05) is 16.5 Å². The third-order valence-corrected chi connectivity index (χ3v) is 3.97. The Labute approximate surface area is 130 Å². The van der Waals surface area contributed by atoms with Crippen LogP contribution in [0.1, 0.15) is 0 Å². The van der Waals surface area contributed by atoms with Gasteiger partial charge in [-0.1, -0.05) is 23.2 Å². The summed E-state index contributed by atoms with van der Waals surface area (Å²) in [6, 6.07) is 4.10. The van der Waals surface area contributed by atoms with Gasteiger partial charge in [-0.3, -0.25) is 15.0 Å². The van der Waals surface area contributed by atoms with Gasteiger partial charge in [0.2, 0.25) is 5.55 Å². The van der Waals surface area contributed by atoms with Crippen LogP contribution in [0.3, 0.4) is 0 Å². The van der Waals surface area contributed by atoms with Crippen molar-refractivity contribution in [1.29, 1.82) is 5.41 Å². The molecule has 3 aromatic heterocycles. The Bertz CT molecular complexity index is 1270. The topological polar surface area (TPSA) is 106 Å². The molecule has 3 N–H and O–H groups in total. The molecule has 7 nitrogen and oxygen atoms in total. The molecule has 0 spiro atoms. The first-order valence-corrected chi connectivity index (χ1v) is 6.82. The van der Waals surface area contributed by atoms with Crippen LogP contribution >= 0.6 is 23.2 Å². The number of hydrogen-bond donors (Lipinski definition) is 2. The van der Waals surface area contributed by atoms with E-state index < -0.39 is 16.7 Å². The molecule has 0 unspecified atom stereocenters. The highest BCUT2D eigenvalue weighted by Gasteiger charge is 2.21. The molecule has 4 rings (SSSR count). The van der Waals surface area contributed by atoms with Crippen LogP contribution < -0.4 is 22.4 Å². The summed E-state index contributed by atoms with van der Waals surface area (Å²) in [5.74, 6) is -0.0214. The third kappa shape index (κ3) is 1.44. The minimum Gasteiger partial charge on any atom is -0.436 e. The lowest BCUT2D eigenvalue weighted by molar-refractivity contribution is 0.542. The Morgan fingerprint density at radius 2 is 1.86 bits per heavy atom. The molecule has 0 fully saturated rings. The summed E-state index contributed by atoms with van der Waals surface area (Å²) in [5.41, 5.74) is 4.56. The van der Waals surface area contributed by atoms with Gasteiger partial charge in [-0.2, -0.15) is 4.52 Å². The molecule has 0 atom stereocenters. The second-order valence-corrected chi connectivity index (χ2v) is 5.60. The van der Waals surface area contributed by atoms with Gasteiger partial charge < -0.3 is 10.2 Å². The zero-order valence-corrected chi connectivity index (χ0v) is 12.2. The van der Waals surface area contributed by atoms with Gasteiger partial charge in [0.15, 0.2) is 5.58 Å². The number of rotatable bonds is 0. The third-order valence-electron chi connectivity index (χ3n) is 3.47. The summed E-state index contributed by atoms with van der Waals surface area (Å²) in [6.45, 7) is 0.